The zero-order chi connectivity index (χ0) is 20.8. The molecule has 0 unspecified atom stereocenters. The first kappa shape index (κ1) is 20.1. The van der Waals surface area contributed by atoms with Crippen LogP contribution >= 0.6 is 0 Å². The molecule has 0 spiro atoms. The van der Waals surface area contributed by atoms with Crippen LogP contribution in [0.3, 0.4) is 0 Å². The Hall–Kier alpha value is -3.65. The number of methoxy groups -OCH3 is 1. The van der Waals surface area contributed by atoms with Crippen molar-refractivity contribution in [2.75, 3.05) is 26.0 Å². The number of carbonyl (C=O) groups excluding carboxylic acids is 2. The fourth-order valence-electron chi connectivity index (χ4n) is 2.79. The molecule has 0 aliphatic heterocycles. The van der Waals surface area contributed by atoms with E-state index in [2.05, 4.69) is 15.0 Å². The molecule has 2 aromatic carbocycles. The molecule has 0 aliphatic carbocycles. The molecule has 0 aliphatic rings. The normalized spacial score (nSPS) is 10.4. The van der Waals surface area contributed by atoms with Crippen molar-refractivity contribution >= 4 is 23.6 Å². The van der Waals surface area contributed by atoms with Crippen LogP contribution in [-0.4, -0.2) is 42.5 Å². The van der Waals surface area contributed by atoms with Crippen LogP contribution < -0.4 is 11.1 Å². The van der Waals surface area contributed by atoms with E-state index in [1.165, 1.54) is 7.11 Å². The van der Waals surface area contributed by atoms with Crippen LogP contribution in [0.5, 0.6) is 0 Å². The van der Waals surface area contributed by atoms with Crippen molar-refractivity contribution in [3.63, 3.8) is 0 Å². The quantitative estimate of drug-likeness (QED) is 0.593. The monoisotopic (exact) mass is 394 g/mol. The molecule has 1 amide bonds. The van der Waals surface area contributed by atoms with Gasteiger partial charge in [0.2, 0.25) is 5.91 Å². The Labute approximate surface area is 168 Å². The SMILES string of the molecule is COC(=O)c1ccc(Nc2ncc(-c3ccccc3CN(C)C(=O)CN)o2)cc1. The lowest BCUT2D eigenvalue weighted by molar-refractivity contribution is -0.128. The second-order valence-electron chi connectivity index (χ2n) is 6.33. The summed E-state index contributed by atoms with van der Waals surface area (Å²) in [5.74, 6) is 0.0302. The Morgan fingerprint density at radius 1 is 1.17 bits per heavy atom. The van der Waals surface area contributed by atoms with Gasteiger partial charge < -0.3 is 25.1 Å². The van der Waals surface area contributed by atoms with E-state index in [1.807, 2.05) is 24.3 Å². The van der Waals surface area contributed by atoms with Gasteiger partial charge in [-0.3, -0.25) is 4.79 Å². The molecule has 0 radical (unpaired) electrons. The number of nitrogens with one attached hydrogen (secondary N) is 1. The Morgan fingerprint density at radius 3 is 2.59 bits per heavy atom. The van der Waals surface area contributed by atoms with Crippen molar-refractivity contribution in [1.29, 1.82) is 0 Å². The second kappa shape index (κ2) is 9.03. The maximum Gasteiger partial charge on any atom is 0.337 e. The molecule has 1 aromatic heterocycles. The van der Waals surface area contributed by atoms with Crippen LogP contribution in [0, 0.1) is 0 Å². The van der Waals surface area contributed by atoms with Crippen LogP contribution in [0.15, 0.2) is 59.1 Å². The Morgan fingerprint density at radius 2 is 1.90 bits per heavy atom. The Bertz CT molecular complexity index is 998. The summed E-state index contributed by atoms with van der Waals surface area (Å²) in [7, 11) is 3.04. The van der Waals surface area contributed by atoms with Gasteiger partial charge >= 0.3 is 5.97 Å². The largest absolute Gasteiger partial charge is 0.465 e. The van der Waals surface area contributed by atoms with Gasteiger partial charge in [-0.05, 0) is 29.8 Å². The lowest BCUT2D eigenvalue weighted by atomic mass is 10.1. The minimum Gasteiger partial charge on any atom is -0.465 e. The molecule has 3 rings (SSSR count). The smallest absolute Gasteiger partial charge is 0.337 e. The van der Waals surface area contributed by atoms with E-state index in [0.29, 0.717) is 29.6 Å². The molecule has 0 fully saturated rings. The number of anilines is 2. The fraction of sp³-hybridized carbons (Fsp3) is 0.190. The molecule has 3 aromatic rings. The van der Waals surface area contributed by atoms with Crippen LogP contribution in [-0.2, 0) is 16.1 Å². The van der Waals surface area contributed by atoms with Crippen LogP contribution in [0.25, 0.3) is 11.3 Å². The van der Waals surface area contributed by atoms with Gasteiger partial charge in [-0.1, -0.05) is 24.3 Å². The minimum absolute atomic E-state index is 0.0379. The highest BCUT2D eigenvalue weighted by Gasteiger charge is 2.14. The summed E-state index contributed by atoms with van der Waals surface area (Å²) >= 11 is 0. The average Bonchev–Trinajstić information content (AvgIpc) is 3.21. The standard InChI is InChI=1S/C21H22N4O4/c1-25(19(26)11-22)13-15-5-3-4-6-17(15)18-12-23-21(29-18)24-16-9-7-14(8-10-16)20(27)28-2/h3-10,12H,11,13,22H2,1-2H3,(H,23,24). The molecule has 0 atom stereocenters. The highest BCUT2D eigenvalue weighted by molar-refractivity contribution is 5.89. The Kier molecular flexibility index (Phi) is 6.25. The number of esters is 1. The molecule has 0 saturated heterocycles. The number of ether oxygens (including phenoxy) is 1. The third-order valence-electron chi connectivity index (χ3n) is 4.35. The number of carbonyl (C=O) groups is 2. The number of amides is 1. The van der Waals surface area contributed by atoms with E-state index in [4.69, 9.17) is 10.2 Å². The average molecular weight is 394 g/mol. The summed E-state index contributed by atoms with van der Waals surface area (Å²) in [6.45, 7) is 0.370. The molecular weight excluding hydrogens is 372 g/mol. The number of oxazole rings is 1. The van der Waals surface area contributed by atoms with Crippen molar-refractivity contribution in [3.05, 3.63) is 65.9 Å². The van der Waals surface area contributed by atoms with Crippen molar-refractivity contribution in [2.24, 2.45) is 5.73 Å². The molecule has 150 valence electrons. The molecular formula is C21H22N4O4. The lowest BCUT2D eigenvalue weighted by Gasteiger charge is -2.17. The first-order chi connectivity index (χ1) is 14.0. The summed E-state index contributed by atoms with van der Waals surface area (Å²) in [6.07, 6.45) is 1.62. The highest BCUT2D eigenvalue weighted by atomic mass is 16.5. The van der Waals surface area contributed by atoms with Gasteiger partial charge in [0.1, 0.15) is 0 Å². The van der Waals surface area contributed by atoms with Crippen molar-refractivity contribution in [1.82, 2.24) is 9.88 Å². The topological polar surface area (TPSA) is 111 Å². The fourth-order valence-corrected chi connectivity index (χ4v) is 2.79. The van der Waals surface area contributed by atoms with Gasteiger partial charge in [-0.2, -0.15) is 0 Å². The summed E-state index contributed by atoms with van der Waals surface area (Å²) in [6, 6.07) is 14.7. The Balaban J connectivity index is 1.76. The number of hydrogen-bond donors (Lipinski definition) is 2. The second-order valence-corrected chi connectivity index (χ2v) is 6.33. The summed E-state index contributed by atoms with van der Waals surface area (Å²) in [4.78, 5) is 29.1. The number of aromatic nitrogens is 1. The lowest BCUT2D eigenvalue weighted by Crippen LogP contribution is -2.32. The first-order valence-electron chi connectivity index (χ1n) is 8.95. The van der Waals surface area contributed by atoms with Crippen molar-refractivity contribution in [3.8, 4) is 11.3 Å². The van der Waals surface area contributed by atoms with Gasteiger partial charge in [-0.15, -0.1) is 0 Å². The highest BCUT2D eigenvalue weighted by Crippen LogP contribution is 2.28. The van der Waals surface area contributed by atoms with E-state index in [1.54, 1.807) is 42.4 Å². The number of nitrogens with two attached hydrogens (primary N) is 1. The molecule has 8 nitrogen and oxygen atoms in total. The summed E-state index contributed by atoms with van der Waals surface area (Å²) < 4.78 is 10.5. The van der Waals surface area contributed by atoms with Crippen molar-refractivity contribution < 1.29 is 18.7 Å². The zero-order valence-corrected chi connectivity index (χ0v) is 16.2. The van der Waals surface area contributed by atoms with E-state index >= 15 is 0 Å². The molecule has 3 N–H and O–H groups in total. The third kappa shape index (κ3) is 4.80. The number of likely N-dealkylation sites (N-methyl/N-ethyl adjacent to an activating group) is 1. The van der Waals surface area contributed by atoms with Crippen LogP contribution in [0.2, 0.25) is 0 Å². The predicted molar refractivity (Wildman–Crippen MR) is 109 cm³/mol. The van der Waals surface area contributed by atoms with E-state index in [9.17, 15) is 9.59 Å². The number of rotatable bonds is 7. The van der Waals surface area contributed by atoms with Gasteiger partial charge in [0, 0.05) is 24.8 Å². The maximum absolute atomic E-state index is 11.8. The predicted octanol–water partition coefficient (Wildman–Crippen LogP) is 2.79. The van der Waals surface area contributed by atoms with Crippen LogP contribution in [0.4, 0.5) is 11.7 Å². The summed E-state index contributed by atoms with van der Waals surface area (Å²) in [5.41, 5.74) is 8.36. The van der Waals surface area contributed by atoms with Gasteiger partial charge in [0.05, 0.1) is 25.4 Å². The first-order valence-corrected chi connectivity index (χ1v) is 8.95. The van der Waals surface area contributed by atoms with E-state index in [-0.39, 0.29) is 12.5 Å². The van der Waals surface area contributed by atoms with Crippen LogP contribution in [0.1, 0.15) is 15.9 Å². The maximum atomic E-state index is 11.8. The zero-order valence-electron chi connectivity index (χ0n) is 16.2. The molecule has 29 heavy (non-hydrogen) atoms. The van der Waals surface area contributed by atoms with E-state index in [0.717, 1.165) is 11.1 Å². The summed E-state index contributed by atoms with van der Waals surface area (Å²) in [5, 5.41) is 3.05. The van der Waals surface area contributed by atoms with E-state index < -0.39 is 5.97 Å². The molecule has 8 heteroatoms. The van der Waals surface area contributed by atoms with Crippen molar-refractivity contribution in [2.45, 2.75) is 6.54 Å². The van der Waals surface area contributed by atoms with Gasteiger partial charge in [-0.25, -0.2) is 9.78 Å². The van der Waals surface area contributed by atoms with Gasteiger partial charge in [0.25, 0.3) is 6.01 Å². The molecule has 0 bridgehead atoms. The molecule has 1 heterocycles. The van der Waals surface area contributed by atoms with Gasteiger partial charge in [0.15, 0.2) is 5.76 Å². The third-order valence-corrected chi connectivity index (χ3v) is 4.35. The number of hydrogen-bond acceptors (Lipinski definition) is 7. The number of benzene rings is 2. The molecule has 0 saturated carbocycles. The number of nitrogens with zero attached hydrogens (tertiary/aromatic N) is 2. The minimum atomic E-state index is -0.398.